The van der Waals surface area contributed by atoms with E-state index in [2.05, 4.69) is 6.92 Å². The summed E-state index contributed by atoms with van der Waals surface area (Å²) in [5.74, 6) is -0.308. The zero-order valence-electron chi connectivity index (χ0n) is 11.3. The summed E-state index contributed by atoms with van der Waals surface area (Å²) in [5, 5.41) is 1.23. The van der Waals surface area contributed by atoms with Gasteiger partial charge in [0.2, 0.25) is 0 Å². The molecule has 1 heterocycles. The van der Waals surface area contributed by atoms with Crippen LogP contribution in [0.5, 0.6) is 0 Å². The fraction of sp³-hybridized carbons (Fsp3) is 0.312. The van der Waals surface area contributed by atoms with Crippen molar-refractivity contribution in [3.8, 4) is 0 Å². The third-order valence-electron chi connectivity index (χ3n) is 3.18. The number of pyridine rings is 1. The molecule has 1 aromatic heterocycles. The van der Waals surface area contributed by atoms with Gasteiger partial charge in [0.25, 0.3) is 5.56 Å². The number of allylic oxidation sites excluding steroid dienone is 1. The molecule has 0 saturated heterocycles. The average molecular weight is 259 g/mol. The van der Waals surface area contributed by atoms with Crippen LogP contribution in [-0.4, -0.2) is 4.57 Å². The monoisotopic (exact) mass is 259 g/mol. The second-order valence-corrected chi connectivity index (χ2v) is 4.63. The van der Waals surface area contributed by atoms with E-state index in [0.717, 1.165) is 25.0 Å². The molecule has 0 unspecified atom stereocenters. The van der Waals surface area contributed by atoms with Gasteiger partial charge in [-0.15, -0.1) is 0 Å². The molecule has 3 heteroatoms. The summed E-state index contributed by atoms with van der Waals surface area (Å²) >= 11 is 0. The molecule has 0 amide bonds. The zero-order valence-corrected chi connectivity index (χ0v) is 11.3. The van der Waals surface area contributed by atoms with E-state index in [4.69, 9.17) is 0 Å². The highest BCUT2D eigenvalue weighted by molar-refractivity contribution is 5.82. The van der Waals surface area contributed by atoms with E-state index in [1.54, 1.807) is 16.8 Å². The van der Waals surface area contributed by atoms with Crippen molar-refractivity contribution in [3.63, 3.8) is 0 Å². The first kappa shape index (κ1) is 13.5. The van der Waals surface area contributed by atoms with Crippen LogP contribution in [0.1, 0.15) is 32.4 Å². The molecule has 0 saturated carbocycles. The number of hydrogen-bond acceptors (Lipinski definition) is 1. The summed E-state index contributed by atoms with van der Waals surface area (Å²) in [6, 6.07) is 6.22. The number of benzene rings is 1. The van der Waals surface area contributed by atoms with Gasteiger partial charge in [-0.05, 0) is 49.4 Å². The van der Waals surface area contributed by atoms with Gasteiger partial charge in [-0.25, -0.2) is 4.39 Å². The maximum absolute atomic E-state index is 13.3. The van der Waals surface area contributed by atoms with Gasteiger partial charge < -0.3 is 0 Å². The number of aromatic nitrogens is 1. The van der Waals surface area contributed by atoms with Gasteiger partial charge in [0, 0.05) is 17.3 Å². The molecule has 0 aliphatic carbocycles. The van der Waals surface area contributed by atoms with Crippen molar-refractivity contribution in [2.75, 3.05) is 0 Å². The van der Waals surface area contributed by atoms with Gasteiger partial charge >= 0.3 is 0 Å². The number of rotatable bonds is 4. The molecule has 0 atom stereocenters. The highest BCUT2D eigenvalue weighted by Crippen LogP contribution is 2.16. The second kappa shape index (κ2) is 5.83. The predicted octanol–water partition coefficient (Wildman–Crippen LogP) is 3.97. The zero-order chi connectivity index (χ0) is 13.8. The Labute approximate surface area is 112 Å². The molecule has 0 spiro atoms. The van der Waals surface area contributed by atoms with Crippen molar-refractivity contribution in [1.82, 2.24) is 4.57 Å². The third kappa shape index (κ3) is 2.75. The first-order valence-electron chi connectivity index (χ1n) is 6.64. The summed E-state index contributed by atoms with van der Waals surface area (Å²) in [6.07, 6.45) is 6.51. The van der Waals surface area contributed by atoms with Crippen molar-refractivity contribution in [2.24, 2.45) is 0 Å². The molecule has 0 N–H and O–H groups in total. The van der Waals surface area contributed by atoms with Crippen molar-refractivity contribution in [1.29, 1.82) is 0 Å². The van der Waals surface area contributed by atoms with Crippen LogP contribution in [0, 0.1) is 5.82 Å². The Morgan fingerprint density at radius 3 is 2.79 bits per heavy atom. The van der Waals surface area contributed by atoms with Crippen LogP contribution in [0.2, 0.25) is 0 Å². The summed E-state index contributed by atoms with van der Waals surface area (Å²) in [6.45, 7) is 3.99. The quantitative estimate of drug-likeness (QED) is 0.814. The molecule has 1 aromatic carbocycles. The molecule has 2 rings (SSSR count). The fourth-order valence-electron chi connectivity index (χ4n) is 2.22. The Balaban J connectivity index is 2.70. The van der Waals surface area contributed by atoms with Gasteiger partial charge in [0.15, 0.2) is 0 Å². The lowest BCUT2D eigenvalue weighted by Gasteiger charge is -2.10. The highest BCUT2D eigenvalue weighted by Gasteiger charge is 2.08. The molecule has 2 aromatic rings. The first-order valence-corrected chi connectivity index (χ1v) is 6.64. The van der Waals surface area contributed by atoms with E-state index >= 15 is 0 Å². The Morgan fingerprint density at radius 1 is 1.32 bits per heavy atom. The third-order valence-corrected chi connectivity index (χ3v) is 3.18. The van der Waals surface area contributed by atoms with Crippen LogP contribution in [0.15, 0.2) is 35.1 Å². The molecule has 0 aliphatic rings. The lowest BCUT2D eigenvalue weighted by Crippen LogP contribution is -2.19. The number of hydrogen-bond donors (Lipinski definition) is 0. The summed E-state index contributed by atoms with van der Waals surface area (Å²) in [5.41, 5.74) is 0.852. The van der Waals surface area contributed by atoms with E-state index in [9.17, 15) is 9.18 Å². The van der Waals surface area contributed by atoms with Gasteiger partial charge in [0.05, 0.1) is 0 Å². The average Bonchev–Trinajstić information content (AvgIpc) is 2.40. The van der Waals surface area contributed by atoms with Gasteiger partial charge in [0.1, 0.15) is 5.82 Å². The first-order chi connectivity index (χ1) is 9.17. The van der Waals surface area contributed by atoms with Crippen LogP contribution in [-0.2, 0) is 6.42 Å². The largest absolute Gasteiger partial charge is 0.288 e. The summed E-state index contributed by atoms with van der Waals surface area (Å²) in [4.78, 5) is 12.4. The van der Waals surface area contributed by atoms with Gasteiger partial charge in [-0.2, -0.15) is 0 Å². The van der Waals surface area contributed by atoms with E-state index in [1.807, 2.05) is 19.1 Å². The topological polar surface area (TPSA) is 22.0 Å². The fourth-order valence-corrected chi connectivity index (χ4v) is 2.22. The SMILES string of the molecule is C/C=C\n1c(CCCC)cc2cc(F)ccc2c1=O. The summed E-state index contributed by atoms with van der Waals surface area (Å²) < 4.78 is 14.9. The maximum Gasteiger partial charge on any atom is 0.262 e. The van der Waals surface area contributed by atoms with Gasteiger partial charge in [-0.1, -0.05) is 19.4 Å². The Bertz CT molecular complexity index is 670. The van der Waals surface area contributed by atoms with Crippen LogP contribution >= 0.6 is 0 Å². The minimum atomic E-state index is -0.308. The molecule has 2 nitrogen and oxygen atoms in total. The molecule has 0 aliphatic heterocycles. The second-order valence-electron chi connectivity index (χ2n) is 4.63. The Kier molecular flexibility index (Phi) is 4.15. The number of nitrogens with zero attached hydrogens (tertiary/aromatic N) is 1. The molecule has 100 valence electrons. The standard InChI is InChI=1S/C16H18FNO/c1-3-5-6-14-11-12-10-13(17)7-8-15(12)16(19)18(14)9-4-2/h4,7-11H,3,5-6H2,1-2H3/b9-4-. The van der Waals surface area contributed by atoms with Crippen LogP contribution < -0.4 is 5.56 Å². The van der Waals surface area contributed by atoms with Crippen LogP contribution in [0.25, 0.3) is 17.0 Å². The Hall–Kier alpha value is -1.90. The minimum absolute atomic E-state index is 0.0818. The van der Waals surface area contributed by atoms with E-state index in [0.29, 0.717) is 10.8 Å². The number of aryl methyl sites for hydroxylation is 1. The molecule has 0 radical (unpaired) electrons. The van der Waals surface area contributed by atoms with Gasteiger partial charge in [-0.3, -0.25) is 9.36 Å². The molecule has 0 fully saturated rings. The highest BCUT2D eigenvalue weighted by atomic mass is 19.1. The number of fused-ring (bicyclic) bond motifs is 1. The molecule has 19 heavy (non-hydrogen) atoms. The van der Waals surface area contributed by atoms with Crippen molar-refractivity contribution in [3.05, 3.63) is 52.2 Å². The number of halogens is 1. The van der Waals surface area contributed by atoms with Crippen molar-refractivity contribution < 1.29 is 4.39 Å². The minimum Gasteiger partial charge on any atom is -0.288 e. The van der Waals surface area contributed by atoms with Crippen LogP contribution in [0.4, 0.5) is 4.39 Å². The van der Waals surface area contributed by atoms with Crippen molar-refractivity contribution in [2.45, 2.75) is 33.1 Å². The molecular weight excluding hydrogens is 241 g/mol. The van der Waals surface area contributed by atoms with Crippen LogP contribution in [0.3, 0.4) is 0 Å². The summed E-state index contributed by atoms with van der Waals surface area (Å²) in [7, 11) is 0. The normalized spacial score (nSPS) is 11.5. The Morgan fingerprint density at radius 2 is 2.11 bits per heavy atom. The van der Waals surface area contributed by atoms with E-state index in [-0.39, 0.29) is 11.4 Å². The smallest absolute Gasteiger partial charge is 0.262 e. The molecule has 0 bridgehead atoms. The van der Waals surface area contributed by atoms with Crippen molar-refractivity contribution >= 4 is 17.0 Å². The lowest BCUT2D eigenvalue weighted by atomic mass is 10.1. The lowest BCUT2D eigenvalue weighted by molar-refractivity contribution is 0.629. The van der Waals surface area contributed by atoms with E-state index in [1.165, 1.54) is 12.1 Å². The maximum atomic E-state index is 13.3. The van der Waals surface area contributed by atoms with E-state index < -0.39 is 0 Å². The molecular formula is C16H18FNO. The predicted molar refractivity (Wildman–Crippen MR) is 77.8 cm³/mol. The number of unbranched alkanes of at least 4 members (excludes halogenated alkanes) is 1.